The number of hydrogen-bond donors (Lipinski definition) is 1. The van der Waals surface area contributed by atoms with Crippen molar-refractivity contribution in [3.63, 3.8) is 0 Å². The molecule has 1 aliphatic rings. The number of carbonyl (C=O) groups is 1. The Morgan fingerprint density at radius 3 is 2.88 bits per heavy atom. The molecule has 2 unspecified atom stereocenters. The zero-order valence-corrected chi connectivity index (χ0v) is 14.5. The zero-order chi connectivity index (χ0) is 17.4. The van der Waals surface area contributed by atoms with Gasteiger partial charge in [0.2, 0.25) is 11.0 Å². The molecule has 0 bridgehead atoms. The van der Waals surface area contributed by atoms with Crippen LogP contribution in [0.4, 0.5) is 9.52 Å². The zero-order valence-electron chi connectivity index (χ0n) is 12.9. The van der Waals surface area contributed by atoms with Gasteiger partial charge in [-0.25, -0.2) is 4.39 Å². The number of nitrogens with zero attached hydrogens (tertiary/aromatic N) is 2. The van der Waals surface area contributed by atoms with Crippen LogP contribution in [0.2, 0.25) is 5.02 Å². The van der Waals surface area contributed by atoms with Crippen LogP contribution in [-0.4, -0.2) is 15.3 Å². The minimum Gasteiger partial charge on any atom is -0.300 e. The van der Waals surface area contributed by atoms with E-state index in [1.165, 1.54) is 12.1 Å². The first-order valence-corrected chi connectivity index (χ1v) is 8.91. The average Bonchev–Trinajstić information content (AvgIpc) is 3.27. The van der Waals surface area contributed by atoms with Crippen molar-refractivity contribution in [3.8, 4) is 11.4 Å². The van der Waals surface area contributed by atoms with Gasteiger partial charge in [0.25, 0.3) is 0 Å². The quantitative estimate of drug-likeness (QED) is 0.718. The van der Waals surface area contributed by atoms with Crippen molar-refractivity contribution in [1.29, 1.82) is 0 Å². The van der Waals surface area contributed by atoms with E-state index in [4.69, 9.17) is 11.6 Å². The van der Waals surface area contributed by atoms with E-state index in [0.717, 1.165) is 29.1 Å². The molecule has 4 nitrogen and oxygen atoms in total. The Bertz CT molecular complexity index is 945. The Morgan fingerprint density at radius 1 is 1.24 bits per heavy atom. The van der Waals surface area contributed by atoms with E-state index in [9.17, 15) is 9.18 Å². The highest BCUT2D eigenvalue weighted by atomic mass is 35.5. The van der Waals surface area contributed by atoms with Gasteiger partial charge in [-0.3, -0.25) is 4.79 Å². The molecule has 0 radical (unpaired) electrons. The molecule has 3 aromatic rings. The van der Waals surface area contributed by atoms with Crippen LogP contribution in [0.3, 0.4) is 0 Å². The van der Waals surface area contributed by atoms with Crippen LogP contribution in [-0.2, 0) is 4.79 Å². The summed E-state index contributed by atoms with van der Waals surface area (Å²) in [5.41, 5.74) is 1.66. The highest BCUT2D eigenvalue weighted by molar-refractivity contribution is 7.10. The lowest BCUT2D eigenvalue weighted by Crippen LogP contribution is -2.14. The first kappa shape index (κ1) is 16.2. The lowest BCUT2D eigenvalue weighted by Gasteiger charge is -2.01. The summed E-state index contributed by atoms with van der Waals surface area (Å²) < 4.78 is 17.6. The van der Waals surface area contributed by atoms with Crippen molar-refractivity contribution in [3.05, 3.63) is 64.9 Å². The number of amides is 1. The Balaban J connectivity index is 1.42. The Kier molecular flexibility index (Phi) is 4.23. The third-order valence-corrected chi connectivity index (χ3v) is 5.01. The van der Waals surface area contributed by atoms with E-state index in [0.29, 0.717) is 16.0 Å². The highest BCUT2D eigenvalue weighted by Gasteiger charge is 2.44. The van der Waals surface area contributed by atoms with Gasteiger partial charge in [0.15, 0.2) is 5.82 Å². The number of aromatic nitrogens is 2. The SMILES string of the molecule is O=C(Nc1nc(-c2cccc(Cl)c2)ns1)C1CC1c1cccc(F)c1. The van der Waals surface area contributed by atoms with Crippen molar-refractivity contribution in [1.82, 2.24) is 9.36 Å². The van der Waals surface area contributed by atoms with Crippen LogP contribution in [0.5, 0.6) is 0 Å². The smallest absolute Gasteiger partial charge is 0.229 e. The van der Waals surface area contributed by atoms with Gasteiger partial charge in [-0.2, -0.15) is 9.36 Å². The lowest BCUT2D eigenvalue weighted by atomic mass is 10.1. The summed E-state index contributed by atoms with van der Waals surface area (Å²) >= 11 is 7.10. The fourth-order valence-electron chi connectivity index (χ4n) is 2.81. The van der Waals surface area contributed by atoms with Gasteiger partial charge < -0.3 is 5.32 Å². The lowest BCUT2D eigenvalue weighted by molar-refractivity contribution is -0.117. The highest BCUT2D eigenvalue weighted by Crippen LogP contribution is 2.48. The maximum atomic E-state index is 13.3. The molecule has 7 heteroatoms. The maximum Gasteiger partial charge on any atom is 0.229 e. The molecular formula is C18H13ClFN3OS. The van der Waals surface area contributed by atoms with E-state index in [1.54, 1.807) is 18.2 Å². The molecule has 1 aliphatic carbocycles. The molecular weight excluding hydrogens is 361 g/mol. The fraction of sp³-hybridized carbons (Fsp3) is 0.167. The van der Waals surface area contributed by atoms with Gasteiger partial charge in [-0.15, -0.1) is 0 Å². The molecule has 1 fully saturated rings. The predicted octanol–water partition coefficient (Wildman–Crippen LogP) is 4.74. The third-order valence-electron chi connectivity index (χ3n) is 4.14. The monoisotopic (exact) mass is 373 g/mol. The minimum absolute atomic E-state index is 0.0658. The summed E-state index contributed by atoms with van der Waals surface area (Å²) in [6.45, 7) is 0. The number of carbonyl (C=O) groups excluding carboxylic acids is 1. The number of anilines is 1. The average molecular weight is 374 g/mol. The van der Waals surface area contributed by atoms with Crippen LogP contribution in [0.1, 0.15) is 17.9 Å². The number of rotatable bonds is 4. The van der Waals surface area contributed by atoms with Crippen LogP contribution in [0.25, 0.3) is 11.4 Å². The molecule has 1 aromatic heterocycles. The normalized spacial score (nSPS) is 18.8. The van der Waals surface area contributed by atoms with Crippen LogP contribution >= 0.6 is 23.1 Å². The molecule has 2 aromatic carbocycles. The second-order valence-corrected chi connectivity index (χ2v) is 7.11. The van der Waals surface area contributed by atoms with Gasteiger partial charge >= 0.3 is 0 Å². The summed E-state index contributed by atoms with van der Waals surface area (Å²) in [7, 11) is 0. The van der Waals surface area contributed by atoms with E-state index >= 15 is 0 Å². The summed E-state index contributed by atoms with van der Waals surface area (Å²) in [5.74, 6) is 0.0542. The van der Waals surface area contributed by atoms with Crippen molar-refractivity contribution in [2.45, 2.75) is 12.3 Å². The topological polar surface area (TPSA) is 54.9 Å². The van der Waals surface area contributed by atoms with Gasteiger partial charge in [0.1, 0.15) is 5.82 Å². The van der Waals surface area contributed by atoms with Crippen LogP contribution in [0, 0.1) is 11.7 Å². The van der Waals surface area contributed by atoms with Crippen LogP contribution < -0.4 is 5.32 Å². The van der Waals surface area contributed by atoms with Crippen molar-refractivity contribution < 1.29 is 9.18 Å². The summed E-state index contributed by atoms with van der Waals surface area (Å²) in [4.78, 5) is 16.7. The number of nitrogens with one attached hydrogen (secondary N) is 1. The van der Waals surface area contributed by atoms with Crippen molar-refractivity contribution in [2.75, 3.05) is 5.32 Å². The van der Waals surface area contributed by atoms with E-state index < -0.39 is 0 Å². The molecule has 1 amide bonds. The molecule has 25 heavy (non-hydrogen) atoms. The predicted molar refractivity (Wildman–Crippen MR) is 96.2 cm³/mol. The molecule has 1 N–H and O–H groups in total. The number of benzene rings is 2. The summed E-state index contributed by atoms with van der Waals surface area (Å²) in [5, 5.41) is 3.86. The molecule has 4 rings (SSSR count). The van der Waals surface area contributed by atoms with E-state index in [-0.39, 0.29) is 23.6 Å². The van der Waals surface area contributed by atoms with Crippen molar-refractivity contribution in [2.24, 2.45) is 5.92 Å². The molecule has 2 atom stereocenters. The second kappa shape index (κ2) is 6.54. The Labute approximate surface area is 152 Å². The largest absolute Gasteiger partial charge is 0.300 e. The van der Waals surface area contributed by atoms with E-state index in [1.807, 2.05) is 18.2 Å². The van der Waals surface area contributed by atoms with Gasteiger partial charge in [0.05, 0.1) is 0 Å². The first-order chi connectivity index (χ1) is 12.1. The Morgan fingerprint density at radius 2 is 2.08 bits per heavy atom. The number of hydrogen-bond acceptors (Lipinski definition) is 4. The molecule has 1 heterocycles. The molecule has 126 valence electrons. The minimum atomic E-state index is -0.279. The summed E-state index contributed by atoms with van der Waals surface area (Å²) in [6, 6.07) is 13.6. The molecule has 0 aliphatic heterocycles. The maximum absolute atomic E-state index is 13.3. The second-order valence-electron chi connectivity index (χ2n) is 5.93. The number of halogens is 2. The van der Waals surface area contributed by atoms with Gasteiger partial charge in [-0.05, 0) is 42.2 Å². The van der Waals surface area contributed by atoms with Crippen molar-refractivity contribution >= 4 is 34.2 Å². The first-order valence-electron chi connectivity index (χ1n) is 7.76. The summed E-state index contributed by atoms with van der Waals surface area (Å²) in [6.07, 6.45) is 0.718. The molecule has 0 spiro atoms. The van der Waals surface area contributed by atoms with E-state index in [2.05, 4.69) is 14.7 Å². The molecule has 0 saturated heterocycles. The molecule has 1 saturated carbocycles. The van der Waals surface area contributed by atoms with Crippen LogP contribution in [0.15, 0.2) is 48.5 Å². The third kappa shape index (κ3) is 3.55. The fourth-order valence-corrected chi connectivity index (χ4v) is 3.59. The standard InChI is InChI=1S/C18H13ClFN3OS/c19-12-5-1-4-11(7-12)16-21-18(25-23-16)22-17(24)15-9-14(15)10-3-2-6-13(20)8-10/h1-8,14-15H,9H2,(H,21,22,23,24). The Hall–Kier alpha value is -2.31. The van der Waals surface area contributed by atoms with Gasteiger partial charge in [-0.1, -0.05) is 35.9 Å². The van der Waals surface area contributed by atoms with Gasteiger partial charge in [0, 0.05) is 28.0 Å².